The summed E-state index contributed by atoms with van der Waals surface area (Å²) >= 11 is 0. The van der Waals surface area contributed by atoms with Crippen LogP contribution in [-0.4, -0.2) is 37.1 Å². The first-order valence-corrected chi connectivity index (χ1v) is 12.5. The van der Waals surface area contributed by atoms with Gasteiger partial charge in [-0.1, -0.05) is 60.7 Å². The number of carboxylic acids is 1. The largest absolute Gasteiger partial charge is 0.479 e. The van der Waals surface area contributed by atoms with Gasteiger partial charge in [0.1, 0.15) is 0 Å². The van der Waals surface area contributed by atoms with Crippen LogP contribution in [0.25, 0.3) is 11.1 Å². The Labute approximate surface area is 212 Å². The summed E-state index contributed by atoms with van der Waals surface area (Å²) in [4.78, 5) is 24.6. The maximum atomic E-state index is 13.5. The van der Waals surface area contributed by atoms with Gasteiger partial charge in [-0.05, 0) is 50.1 Å². The third-order valence-corrected chi connectivity index (χ3v) is 6.96. The standard InChI is InChI=1S/C26H25F3N2O5S/c1-25(2,3)30-37(35,36)21-12-8-7-11-20(21)17-13-15-19(16-14-17)31(24(34)26(27,28)29)22(23(32)33)18-9-5-4-6-10-18/h4-16,22,30H,1-3H3,(H,32,33). The Morgan fingerprint density at radius 2 is 1.41 bits per heavy atom. The number of amides is 1. The molecule has 37 heavy (non-hydrogen) atoms. The molecule has 0 aliphatic heterocycles. The van der Waals surface area contributed by atoms with Crippen molar-refractivity contribution in [1.82, 2.24) is 4.72 Å². The highest BCUT2D eigenvalue weighted by atomic mass is 32.2. The summed E-state index contributed by atoms with van der Waals surface area (Å²) in [6.07, 6.45) is -5.35. The SMILES string of the molecule is CC(C)(C)NS(=O)(=O)c1ccccc1-c1ccc(N(C(=O)C(F)(F)F)C(C(=O)O)c2ccccc2)cc1. The lowest BCUT2D eigenvalue weighted by Gasteiger charge is -2.30. The zero-order chi connectivity index (χ0) is 27.6. The Kier molecular flexibility index (Phi) is 7.80. The van der Waals surface area contributed by atoms with E-state index in [2.05, 4.69) is 4.72 Å². The highest BCUT2D eigenvalue weighted by molar-refractivity contribution is 7.89. The number of hydrogen-bond acceptors (Lipinski definition) is 4. The van der Waals surface area contributed by atoms with Crippen LogP contribution in [0.2, 0.25) is 0 Å². The maximum Gasteiger partial charge on any atom is 0.471 e. The van der Waals surface area contributed by atoms with E-state index >= 15 is 0 Å². The van der Waals surface area contributed by atoms with Crippen molar-refractivity contribution in [1.29, 1.82) is 0 Å². The fourth-order valence-electron chi connectivity index (χ4n) is 3.76. The van der Waals surface area contributed by atoms with Gasteiger partial charge in [0.15, 0.2) is 6.04 Å². The minimum Gasteiger partial charge on any atom is -0.479 e. The van der Waals surface area contributed by atoms with E-state index in [-0.39, 0.29) is 26.6 Å². The molecule has 0 radical (unpaired) electrons. The van der Waals surface area contributed by atoms with Crippen molar-refractivity contribution in [3.05, 3.63) is 84.4 Å². The lowest BCUT2D eigenvalue weighted by Crippen LogP contribution is -2.46. The Bertz CT molecular complexity index is 1380. The first-order valence-electron chi connectivity index (χ1n) is 11.0. The maximum absolute atomic E-state index is 13.5. The Balaban J connectivity index is 2.12. The van der Waals surface area contributed by atoms with Crippen molar-refractivity contribution in [3.63, 3.8) is 0 Å². The highest BCUT2D eigenvalue weighted by Gasteiger charge is 2.47. The van der Waals surface area contributed by atoms with E-state index in [1.54, 1.807) is 32.9 Å². The normalized spacial score (nSPS) is 13.1. The molecule has 0 saturated carbocycles. The van der Waals surface area contributed by atoms with Crippen LogP contribution < -0.4 is 9.62 Å². The number of anilines is 1. The molecule has 0 fully saturated rings. The number of nitrogens with one attached hydrogen (secondary N) is 1. The summed E-state index contributed by atoms with van der Waals surface area (Å²) in [6, 6.07) is 16.2. The molecule has 0 bridgehead atoms. The van der Waals surface area contributed by atoms with Crippen molar-refractivity contribution >= 4 is 27.6 Å². The molecule has 196 valence electrons. The van der Waals surface area contributed by atoms with Crippen LogP contribution in [0, 0.1) is 0 Å². The third-order valence-electron chi connectivity index (χ3n) is 5.14. The molecule has 7 nitrogen and oxygen atoms in total. The monoisotopic (exact) mass is 534 g/mol. The predicted octanol–water partition coefficient (Wildman–Crippen LogP) is 5.15. The number of hydrogen-bond donors (Lipinski definition) is 2. The molecular weight excluding hydrogens is 509 g/mol. The molecule has 3 aromatic rings. The molecule has 0 spiro atoms. The fraction of sp³-hybridized carbons (Fsp3) is 0.231. The van der Waals surface area contributed by atoms with Gasteiger partial charge in [0.05, 0.1) is 4.90 Å². The van der Waals surface area contributed by atoms with Crippen molar-refractivity contribution in [2.24, 2.45) is 0 Å². The molecule has 11 heteroatoms. The number of sulfonamides is 1. The van der Waals surface area contributed by atoms with Crippen LogP contribution in [0.4, 0.5) is 18.9 Å². The molecule has 0 heterocycles. The number of carbonyl (C=O) groups is 2. The van der Waals surface area contributed by atoms with Crippen LogP contribution >= 0.6 is 0 Å². The van der Waals surface area contributed by atoms with Crippen molar-refractivity contribution in [2.45, 2.75) is 43.4 Å². The summed E-state index contributed by atoms with van der Waals surface area (Å²) in [5.41, 5.74) is -0.504. The van der Waals surface area contributed by atoms with Crippen LogP contribution in [0.5, 0.6) is 0 Å². The van der Waals surface area contributed by atoms with Gasteiger partial charge >= 0.3 is 18.1 Å². The van der Waals surface area contributed by atoms with Crippen LogP contribution in [-0.2, 0) is 19.6 Å². The summed E-state index contributed by atoms with van der Waals surface area (Å²) in [7, 11) is -3.96. The number of carboxylic acid groups (broad SMARTS) is 1. The van der Waals surface area contributed by atoms with Crippen molar-refractivity contribution < 1.29 is 36.3 Å². The van der Waals surface area contributed by atoms with E-state index in [1.807, 2.05) is 0 Å². The van der Waals surface area contributed by atoms with E-state index in [9.17, 15) is 36.3 Å². The number of halogens is 3. The highest BCUT2D eigenvalue weighted by Crippen LogP contribution is 2.35. The number of alkyl halides is 3. The molecule has 1 amide bonds. The molecule has 0 aromatic heterocycles. The molecule has 3 rings (SSSR count). The van der Waals surface area contributed by atoms with Crippen LogP contribution in [0.15, 0.2) is 83.8 Å². The van der Waals surface area contributed by atoms with Gasteiger partial charge in [-0.25, -0.2) is 17.9 Å². The average Bonchev–Trinajstić information content (AvgIpc) is 2.80. The van der Waals surface area contributed by atoms with Crippen LogP contribution in [0.1, 0.15) is 32.4 Å². The number of nitrogens with zero attached hydrogens (tertiary/aromatic N) is 1. The Hall–Kier alpha value is -3.70. The van der Waals surface area contributed by atoms with Gasteiger partial charge in [0, 0.05) is 16.8 Å². The third kappa shape index (κ3) is 6.55. The van der Waals surface area contributed by atoms with E-state index in [0.29, 0.717) is 5.56 Å². The summed E-state index contributed by atoms with van der Waals surface area (Å²) < 4.78 is 69.1. The second kappa shape index (κ2) is 10.3. The Morgan fingerprint density at radius 3 is 1.92 bits per heavy atom. The van der Waals surface area contributed by atoms with Gasteiger partial charge in [0.25, 0.3) is 0 Å². The molecule has 1 atom stereocenters. The van der Waals surface area contributed by atoms with Crippen molar-refractivity contribution in [3.8, 4) is 11.1 Å². The molecule has 3 aromatic carbocycles. The van der Waals surface area contributed by atoms with Gasteiger partial charge in [0.2, 0.25) is 10.0 Å². The molecule has 0 saturated heterocycles. The quantitative estimate of drug-likeness (QED) is 0.436. The first kappa shape index (κ1) is 27.9. The lowest BCUT2D eigenvalue weighted by molar-refractivity contribution is -0.171. The molecule has 2 N–H and O–H groups in total. The van der Waals surface area contributed by atoms with Crippen LogP contribution in [0.3, 0.4) is 0 Å². The molecule has 0 aliphatic carbocycles. The number of rotatable bonds is 7. The Morgan fingerprint density at radius 1 is 0.865 bits per heavy atom. The summed E-state index contributed by atoms with van der Waals surface area (Å²) in [6.45, 7) is 5.04. The second-order valence-corrected chi connectivity index (χ2v) is 10.9. The topological polar surface area (TPSA) is 104 Å². The summed E-state index contributed by atoms with van der Waals surface area (Å²) in [5.74, 6) is -4.01. The minimum atomic E-state index is -5.35. The van der Waals surface area contributed by atoms with Crippen molar-refractivity contribution in [2.75, 3.05) is 4.90 Å². The predicted molar refractivity (Wildman–Crippen MR) is 132 cm³/mol. The molecule has 0 aliphatic rings. The number of aliphatic carboxylic acids is 1. The van der Waals surface area contributed by atoms with E-state index in [1.165, 1.54) is 54.6 Å². The number of benzene rings is 3. The zero-order valence-corrected chi connectivity index (χ0v) is 21.0. The average molecular weight is 535 g/mol. The lowest BCUT2D eigenvalue weighted by atomic mass is 10.0. The second-order valence-electron chi connectivity index (χ2n) is 9.22. The van der Waals surface area contributed by atoms with E-state index in [4.69, 9.17) is 0 Å². The zero-order valence-electron chi connectivity index (χ0n) is 20.2. The fourth-order valence-corrected chi connectivity index (χ4v) is 5.41. The molecular formula is C26H25F3N2O5S. The van der Waals surface area contributed by atoms with Gasteiger partial charge in [-0.2, -0.15) is 13.2 Å². The summed E-state index contributed by atoms with van der Waals surface area (Å²) in [5, 5.41) is 9.79. The van der Waals surface area contributed by atoms with Gasteiger partial charge in [-0.15, -0.1) is 0 Å². The van der Waals surface area contributed by atoms with Gasteiger partial charge in [-0.3, -0.25) is 9.69 Å². The minimum absolute atomic E-state index is 0.0265. The van der Waals surface area contributed by atoms with E-state index < -0.39 is 39.7 Å². The smallest absolute Gasteiger partial charge is 0.471 e. The number of carbonyl (C=O) groups excluding carboxylic acids is 1. The molecule has 1 unspecified atom stereocenters. The van der Waals surface area contributed by atoms with Gasteiger partial charge < -0.3 is 5.11 Å². The first-order chi connectivity index (χ1) is 17.1. The van der Waals surface area contributed by atoms with E-state index in [0.717, 1.165) is 12.1 Å².